The number of amides is 1. The van der Waals surface area contributed by atoms with Gasteiger partial charge in [-0.15, -0.1) is 0 Å². The molecule has 0 spiro atoms. The van der Waals surface area contributed by atoms with E-state index >= 15 is 0 Å². The number of nitrogens with one attached hydrogen (secondary N) is 1. The van der Waals surface area contributed by atoms with Crippen LogP contribution in [0.5, 0.6) is 11.5 Å². The van der Waals surface area contributed by atoms with Crippen molar-refractivity contribution in [2.75, 3.05) is 33.9 Å². The molecule has 1 N–H and O–H groups in total. The Balaban J connectivity index is 1.95. The summed E-state index contributed by atoms with van der Waals surface area (Å²) in [6.07, 6.45) is 5.04. The van der Waals surface area contributed by atoms with E-state index in [9.17, 15) is 4.79 Å². The molecule has 0 bridgehead atoms. The summed E-state index contributed by atoms with van der Waals surface area (Å²) in [4.78, 5) is 14.9. The summed E-state index contributed by atoms with van der Waals surface area (Å²) < 4.78 is 10.7. The quantitative estimate of drug-likeness (QED) is 0.833. The van der Waals surface area contributed by atoms with Crippen molar-refractivity contribution in [1.29, 1.82) is 0 Å². The van der Waals surface area contributed by atoms with Gasteiger partial charge in [0.25, 0.3) is 5.91 Å². The fraction of sp³-hybridized carbons (Fsp3) is 0.632. The largest absolute Gasteiger partial charge is 0.496 e. The normalized spacial score (nSPS) is 18.2. The van der Waals surface area contributed by atoms with Crippen LogP contribution >= 0.6 is 0 Å². The third kappa shape index (κ3) is 4.41. The zero-order chi connectivity index (χ0) is 17.5. The topological polar surface area (TPSA) is 50.8 Å². The predicted octanol–water partition coefficient (Wildman–Crippen LogP) is 3.01. The van der Waals surface area contributed by atoms with E-state index in [1.807, 2.05) is 6.92 Å². The summed E-state index contributed by atoms with van der Waals surface area (Å²) >= 11 is 0. The summed E-state index contributed by atoms with van der Waals surface area (Å²) in [5.74, 6) is 1.25. The second-order valence-electron chi connectivity index (χ2n) is 6.36. The molecule has 0 saturated carbocycles. The maximum Gasteiger partial charge on any atom is 0.251 e. The van der Waals surface area contributed by atoms with Gasteiger partial charge in [0, 0.05) is 30.3 Å². The molecule has 1 unspecified atom stereocenters. The van der Waals surface area contributed by atoms with Crippen LogP contribution < -0.4 is 14.8 Å². The van der Waals surface area contributed by atoms with Crippen molar-refractivity contribution in [2.24, 2.45) is 0 Å². The summed E-state index contributed by atoms with van der Waals surface area (Å²) in [5, 5.41) is 3.02. The standard InChI is InChI=1S/C19H30N2O3/c1-5-16-8-6-7-10-21(16)11-9-20-19(22)15-12-17(23-3)14(2)18(13-15)24-4/h12-13,16H,5-11H2,1-4H3,(H,20,22). The number of benzene rings is 1. The number of piperidine rings is 1. The van der Waals surface area contributed by atoms with E-state index in [2.05, 4.69) is 17.1 Å². The molecule has 0 aliphatic carbocycles. The third-order valence-electron chi connectivity index (χ3n) is 4.92. The second kappa shape index (κ2) is 8.92. The van der Waals surface area contributed by atoms with E-state index in [1.54, 1.807) is 26.4 Å². The van der Waals surface area contributed by atoms with E-state index in [0.29, 0.717) is 29.6 Å². The minimum absolute atomic E-state index is 0.0864. The highest BCUT2D eigenvalue weighted by Gasteiger charge is 2.20. The van der Waals surface area contributed by atoms with E-state index in [0.717, 1.165) is 18.7 Å². The molecule has 1 aliphatic rings. The van der Waals surface area contributed by atoms with Crippen molar-refractivity contribution in [3.8, 4) is 11.5 Å². The lowest BCUT2D eigenvalue weighted by atomic mass is 10.0. The Morgan fingerprint density at radius 3 is 2.50 bits per heavy atom. The van der Waals surface area contributed by atoms with Crippen LogP contribution in [0.15, 0.2) is 12.1 Å². The van der Waals surface area contributed by atoms with Crippen LogP contribution in [0.2, 0.25) is 0 Å². The Morgan fingerprint density at radius 2 is 1.92 bits per heavy atom. The average molecular weight is 334 g/mol. The molecule has 24 heavy (non-hydrogen) atoms. The molecule has 0 radical (unpaired) electrons. The molecule has 1 amide bonds. The summed E-state index contributed by atoms with van der Waals surface area (Å²) in [5.41, 5.74) is 1.47. The molecule has 5 heteroatoms. The summed E-state index contributed by atoms with van der Waals surface area (Å²) in [6, 6.07) is 4.20. The molecule has 134 valence electrons. The molecular weight excluding hydrogens is 304 g/mol. The molecule has 0 aromatic heterocycles. The van der Waals surface area contributed by atoms with Gasteiger partial charge in [-0.25, -0.2) is 0 Å². The van der Waals surface area contributed by atoms with Crippen LogP contribution in [0.1, 0.15) is 48.5 Å². The number of likely N-dealkylation sites (tertiary alicyclic amines) is 1. The van der Waals surface area contributed by atoms with Crippen molar-refractivity contribution in [1.82, 2.24) is 10.2 Å². The van der Waals surface area contributed by atoms with Crippen LogP contribution in [0, 0.1) is 6.92 Å². The first-order valence-electron chi connectivity index (χ1n) is 8.85. The summed E-state index contributed by atoms with van der Waals surface area (Å²) in [7, 11) is 3.20. The highest BCUT2D eigenvalue weighted by Crippen LogP contribution is 2.29. The predicted molar refractivity (Wildman–Crippen MR) is 96.1 cm³/mol. The lowest BCUT2D eigenvalue weighted by molar-refractivity contribution is 0.0933. The number of rotatable bonds is 7. The number of carbonyl (C=O) groups is 1. The van der Waals surface area contributed by atoms with E-state index in [4.69, 9.17) is 9.47 Å². The van der Waals surface area contributed by atoms with Gasteiger partial charge in [-0.3, -0.25) is 9.69 Å². The minimum atomic E-state index is -0.0864. The number of nitrogens with zero attached hydrogens (tertiary/aromatic N) is 1. The lowest BCUT2D eigenvalue weighted by Gasteiger charge is -2.35. The number of methoxy groups -OCH3 is 2. The molecule has 1 saturated heterocycles. The number of carbonyl (C=O) groups excluding carboxylic acids is 1. The highest BCUT2D eigenvalue weighted by atomic mass is 16.5. The van der Waals surface area contributed by atoms with Crippen LogP contribution in [-0.2, 0) is 0 Å². The highest BCUT2D eigenvalue weighted by molar-refractivity contribution is 5.95. The van der Waals surface area contributed by atoms with Gasteiger partial charge in [-0.2, -0.15) is 0 Å². The molecule has 2 rings (SSSR count). The van der Waals surface area contributed by atoms with Gasteiger partial charge in [-0.05, 0) is 44.9 Å². The van der Waals surface area contributed by atoms with Gasteiger partial charge in [0.2, 0.25) is 0 Å². The van der Waals surface area contributed by atoms with E-state index < -0.39 is 0 Å². The van der Waals surface area contributed by atoms with Crippen LogP contribution in [0.25, 0.3) is 0 Å². The monoisotopic (exact) mass is 334 g/mol. The van der Waals surface area contributed by atoms with Crippen LogP contribution in [-0.4, -0.2) is 50.7 Å². The van der Waals surface area contributed by atoms with Gasteiger partial charge < -0.3 is 14.8 Å². The lowest BCUT2D eigenvalue weighted by Crippen LogP contribution is -2.43. The van der Waals surface area contributed by atoms with Gasteiger partial charge >= 0.3 is 0 Å². The maximum absolute atomic E-state index is 12.4. The van der Waals surface area contributed by atoms with Crippen LogP contribution in [0.3, 0.4) is 0 Å². The van der Waals surface area contributed by atoms with Gasteiger partial charge in [-0.1, -0.05) is 13.3 Å². The zero-order valence-corrected chi connectivity index (χ0v) is 15.4. The van der Waals surface area contributed by atoms with Gasteiger partial charge in [0.05, 0.1) is 14.2 Å². The SMILES string of the molecule is CCC1CCCCN1CCNC(=O)c1cc(OC)c(C)c(OC)c1. The molecule has 1 aliphatic heterocycles. The fourth-order valence-corrected chi connectivity index (χ4v) is 3.45. The molecule has 1 fully saturated rings. The molecular formula is C19H30N2O3. The fourth-order valence-electron chi connectivity index (χ4n) is 3.45. The van der Waals surface area contributed by atoms with Crippen LogP contribution in [0.4, 0.5) is 0 Å². The first kappa shape index (κ1) is 18.6. The minimum Gasteiger partial charge on any atom is -0.496 e. The van der Waals surface area contributed by atoms with Crippen molar-refractivity contribution in [3.63, 3.8) is 0 Å². The van der Waals surface area contributed by atoms with Gasteiger partial charge in [0.15, 0.2) is 0 Å². The van der Waals surface area contributed by atoms with E-state index in [-0.39, 0.29) is 5.91 Å². The second-order valence-corrected chi connectivity index (χ2v) is 6.36. The molecule has 1 heterocycles. The first-order chi connectivity index (χ1) is 11.6. The Bertz CT molecular complexity index is 535. The van der Waals surface area contributed by atoms with Crippen molar-refractivity contribution in [2.45, 2.75) is 45.6 Å². The van der Waals surface area contributed by atoms with E-state index in [1.165, 1.54) is 25.7 Å². The molecule has 5 nitrogen and oxygen atoms in total. The molecule has 1 aromatic rings. The maximum atomic E-state index is 12.4. The Hall–Kier alpha value is -1.75. The number of hydrogen-bond acceptors (Lipinski definition) is 4. The molecule has 1 atom stereocenters. The van der Waals surface area contributed by atoms with Crippen molar-refractivity contribution >= 4 is 5.91 Å². The number of ether oxygens (including phenoxy) is 2. The van der Waals surface area contributed by atoms with Crippen molar-refractivity contribution < 1.29 is 14.3 Å². The third-order valence-corrected chi connectivity index (χ3v) is 4.92. The Kier molecular flexibility index (Phi) is 6.91. The summed E-state index contributed by atoms with van der Waals surface area (Å²) in [6.45, 7) is 6.87. The Morgan fingerprint density at radius 1 is 1.25 bits per heavy atom. The van der Waals surface area contributed by atoms with Gasteiger partial charge in [0.1, 0.15) is 11.5 Å². The van der Waals surface area contributed by atoms with Crippen molar-refractivity contribution in [3.05, 3.63) is 23.3 Å². The Labute approximate surface area is 145 Å². The number of hydrogen-bond donors (Lipinski definition) is 1. The smallest absolute Gasteiger partial charge is 0.251 e. The molecule has 1 aromatic carbocycles. The average Bonchev–Trinajstić information content (AvgIpc) is 2.62. The first-order valence-corrected chi connectivity index (χ1v) is 8.85. The zero-order valence-electron chi connectivity index (χ0n) is 15.4.